The minimum absolute atomic E-state index is 0.0194. The van der Waals surface area contributed by atoms with Gasteiger partial charge in [-0.25, -0.2) is 0 Å². The number of nitrogens with zero attached hydrogens (tertiary/aromatic N) is 2. The molecular formula is C37H52N6O4. The fourth-order valence-electron chi connectivity index (χ4n) is 7.89. The Morgan fingerprint density at radius 3 is 2.06 bits per heavy atom. The average molecular weight is 645 g/mol. The number of amides is 4. The van der Waals surface area contributed by atoms with Crippen LogP contribution in [0.5, 0.6) is 0 Å². The number of carbonyl (C=O) groups excluding carboxylic acids is 4. The minimum Gasteiger partial charge on any atom is -0.343 e. The van der Waals surface area contributed by atoms with E-state index in [1.54, 1.807) is 4.90 Å². The molecule has 2 saturated heterocycles. The summed E-state index contributed by atoms with van der Waals surface area (Å²) in [6.45, 7) is 6.19. The third-order valence-electron chi connectivity index (χ3n) is 10.4. The Balaban J connectivity index is 1.26. The average Bonchev–Trinajstić information content (AvgIpc) is 3.73. The molecule has 7 unspecified atom stereocenters. The molecule has 0 spiro atoms. The van der Waals surface area contributed by atoms with Crippen molar-refractivity contribution in [2.45, 2.75) is 95.4 Å². The van der Waals surface area contributed by atoms with Gasteiger partial charge in [0.1, 0.15) is 18.1 Å². The molecule has 1 aliphatic carbocycles. The van der Waals surface area contributed by atoms with Crippen LogP contribution in [0.4, 0.5) is 0 Å². The van der Waals surface area contributed by atoms with Gasteiger partial charge in [0.15, 0.2) is 0 Å². The molecular weight excluding hydrogens is 592 g/mol. The van der Waals surface area contributed by atoms with Crippen molar-refractivity contribution < 1.29 is 19.2 Å². The maximum Gasteiger partial charge on any atom is 0.246 e. The van der Waals surface area contributed by atoms with Gasteiger partial charge in [-0.3, -0.25) is 19.2 Å². The van der Waals surface area contributed by atoms with Crippen LogP contribution in [0.25, 0.3) is 0 Å². The number of hydrogen-bond donors (Lipinski definition) is 4. The smallest absolute Gasteiger partial charge is 0.246 e. The number of unbranched alkanes of at least 4 members (excludes halogenated alkanes) is 1. The molecule has 2 aromatic rings. The highest BCUT2D eigenvalue weighted by atomic mass is 16.2. The maximum absolute atomic E-state index is 14.0. The molecule has 3 aliphatic rings. The second-order valence-corrected chi connectivity index (χ2v) is 13.9. The molecule has 2 aromatic carbocycles. The SMILES string of the molecule is CCCCC(C(=O)N1CC2CC(CN)CC2C1)N1C(=O)C(NC(=O)C(Cc2ccccc2)NC(=O)C(N)Cc2ccccc2)CC1C. The summed E-state index contributed by atoms with van der Waals surface area (Å²) in [7, 11) is 0. The Labute approximate surface area is 279 Å². The molecule has 4 amide bonds. The number of nitrogens with one attached hydrogen (secondary N) is 2. The quantitative estimate of drug-likeness (QED) is 0.248. The topological polar surface area (TPSA) is 151 Å². The lowest BCUT2D eigenvalue weighted by Crippen LogP contribution is -2.56. The van der Waals surface area contributed by atoms with E-state index in [1.165, 1.54) is 0 Å². The molecule has 47 heavy (non-hydrogen) atoms. The Bertz CT molecular complexity index is 1360. The Hall–Kier alpha value is -3.76. The van der Waals surface area contributed by atoms with Crippen molar-refractivity contribution in [1.82, 2.24) is 20.4 Å². The molecule has 10 heteroatoms. The zero-order valence-electron chi connectivity index (χ0n) is 27.9. The highest BCUT2D eigenvalue weighted by molar-refractivity contribution is 5.96. The minimum atomic E-state index is -0.928. The molecule has 254 valence electrons. The van der Waals surface area contributed by atoms with Crippen LogP contribution in [0.3, 0.4) is 0 Å². The summed E-state index contributed by atoms with van der Waals surface area (Å²) in [6, 6.07) is 15.6. The molecule has 5 rings (SSSR count). The molecule has 3 fully saturated rings. The van der Waals surface area contributed by atoms with Gasteiger partial charge >= 0.3 is 0 Å². The fraction of sp³-hybridized carbons (Fsp3) is 0.568. The first-order valence-electron chi connectivity index (χ1n) is 17.4. The van der Waals surface area contributed by atoms with Crippen LogP contribution in [0.15, 0.2) is 60.7 Å². The van der Waals surface area contributed by atoms with Gasteiger partial charge < -0.3 is 31.9 Å². The second kappa shape index (κ2) is 15.9. The summed E-state index contributed by atoms with van der Waals surface area (Å²) in [4.78, 5) is 58.7. The van der Waals surface area contributed by atoms with Crippen molar-refractivity contribution in [1.29, 1.82) is 0 Å². The van der Waals surface area contributed by atoms with Crippen LogP contribution in [0, 0.1) is 17.8 Å². The summed E-state index contributed by atoms with van der Waals surface area (Å²) in [5.74, 6) is 0.402. The van der Waals surface area contributed by atoms with E-state index in [-0.39, 0.29) is 24.3 Å². The number of fused-ring (bicyclic) bond motifs is 1. The second-order valence-electron chi connectivity index (χ2n) is 13.9. The lowest BCUT2D eigenvalue weighted by atomic mass is 10.0. The Morgan fingerprint density at radius 2 is 1.49 bits per heavy atom. The number of nitrogens with two attached hydrogens (primary N) is 2. The molecule has 0 aromatic heterocycles. The van der Waals surface area contributed by atoms with Crippen LogP contribution in [0.2, 0.25) is 0 Å². The monoisotopic (exact) mass is 644 g/mol. The summed E-state index contributed by atoms with van der Waals surface area (Å²) in [6.07, 6.45) is 5.44. The summed E-state index contributed by atoms with van der Waals surface area (Å²) >= 11 is 0. The summed E-state index contributed by atoms with van der Waals surface area (Å²) in [5.41, 5.74) is 14.0. The number of likely N-dealkylation sites (tertiary alicyclic amines) is 2. The van der Waals surface area contributed by atoms with Crippen molar-refractivity contribution in [2.75, 3.05) is 19.6 Å². The zero-order chi connectivity index (χ0) is 33.5. The van der Waals surface area contributed by atoms with Crippen LogP contribution in [0.1, 0.15) is 63.5 Å². The van der Waals surface area contributed by atoms with Gasteiger partial charge in [-0.15, -0.1) is 0 Å². The van der Waals surface area contributed by atoms with Gasteiger partial charge in [-0.1, -0.05) is 80.4 Å². The summed E-state index contributed by atoms with van der Waals surface area (Å²) < 4.78 is 0. The first-order valence-corrected chi connectivity index (χ1v) is 17.4. The van der Waals surface area contributed by atoms with Gasteiger partial charge in [-0.05, 0) is 74.5 Å². The van der Waals surface area contributed by atoms with Gasteiger partial charge in [0, 0.05) is 25.6 Å². The van der Waals surface area contributed by atoms with E-state index in [2.05, 4.69) is 17.6 Å². The largest absolute Gasteiger partial charge is 0.343 e. The van der Waals surface area contributed by atoms with E-state index in [0.29, 0.717) is 43.6 Å². The molecule has 2 heterocycles. The van der Waals surface area contributed by atoms with E-state index < -0.39 is 36.0 Å². The predicted octanol–water partition coefficient (Wildman–Crippen LogP) is 2.39. The standard InChI is InChI=1S/C37H52N6O4/c1-3-4-15-33(37(47)42-22-28-17-27(21-38)18-29(28)23-42)43-24(2)16-32(36(43)46)41-35(45)31(20-26-13-9-6-10-14-26)40-34(44)30(39)19-25-11-7-5-8-12-25/h5-14,24,27-33H,3-4,15-23,38-39H2,1-2H3,(H,40,44)(H,41,45). The van der Waals surface area contributed by atoms with E-state index in [4.69, 9.17) is 11.5 Å². The Kier molecular flexibility index (Phi) is 11.7. The fourth-order valence-corrected chi connectivity index (χ4v) is 7.89. The van der Waals surface area contributed by atoms with Crippen molar-refractivity contribution in [3.8, 4) is 0 Å². The summed E-state index contributed by atoms with van der Waals surface area (Å²) in [5, 5.41) is 5.80. The van der Waals surface area contributed by atoms with E-state index in [1.807, 2.05) is 72.5 Å². The van der Waals surface area contributed by atoms with Gasteiger partial charge in [0.2, 0.25) is 23.6 Å². The molecule has 2 aliphatic heterocycles. The Morgan fingerprint density at radius 1 is 0.894 bits per heavy atom. The third kappa shape index (κ3) is 8.40. The molecule has 10 nitrogen and oxygen atoms in total. The van der Waals surface area contributed by atoms with E-state index in [0.717, 1.165) is 49.9 Å². The molecule has 0 bridgehead atoms. The van der Waals surface area contributed by atoms with Gasteiger partial charge in [0.05, 0.1) is 6.04 Å². The first-order chi connectivity index (χ1) is 22.7. The number of rotatable bonds is 14. The zero-order valence-corrected chi connectivity index (χ0v) is 27.9. The molecule has 1 saturated carbocycles. The molecule has 0 radical (unpaired) electrons. The highest BCUT2D eigenvalue weighted by Gasteiger charge is 2.48. The third-order valence-corrected chi connectivity index (χ3v) is 10.4. The van der Waals surface area contributed by atoms with Crippen LogP contribution in [-0.4, -0.2) is 83.3 Å². The van der Waals surface area contributed by atoms with Gasteiger partial charge in [0.25, 0.3) is 0 Å². The van der Waals surface area contributed by atoms with Crippen LogP contribution in [-0.2, 0) is 32.0 Å². The van der Waals surface area contributed by atoms with Crippen molar-refractivity contribution in [2.24, 2.45) is 29.2 Å². The lowest BCUT2D eigenvalue weighted by molar-refractivity contribution is -0.145. The van der Waals surface area contributed by atoms with Crippen LogP contribution >= 0.6 is 0 Å². The first kappa shape index (κ1) is 34.6. The van der Waals surface area contributed by atoms with Crippen molar-refractivity contribution in [3.63, 3.8) is 0 Å². The van der Waals surface area contributed by atoms with E-state index >= 15 is 0 Å². The van der Waals surface area contributed by atoms with Crippen molar-refractivity contribution in [3.05, 3.63) is 71.8 Å². The maximum atomic E-state index is 14.0. The number of carbonyl (C=O) groups is 4. The number of hydrogen-bond acceptors (Lipinski definition) is 6. The molecule has 6 N–H and O–H groups in total. The normalized spacial score (nSPS) is 25.7. The van der Waals surface area contributed by atoms with E-state index in [9.17, 15) is 19.2 Å². The van der Waals surface area contributed by atoms with Crippen LogP contribution < -0.4 is 22.1 Å². The number of benzene rings is 2. The predicted molar refractivity (Wildman–Crippen MR) is 182 cm³/mol. The van der Waals surface area contributed by atoms with Gasteiger partial charge in [-0.2, -0.15) is 0 Å². The van der Waals surface area contributed by atoms with Crippen molar-refractivity contribution >= 4 is 23.6 Å². The lowest BCUT2D eigenvalue weighted by Gasteiger charge is -2.34. The molecule has 7 atom stereocenters. The highest BCUT2D eigenvalue weighted by Crippen LogP contribution is 2.41.